The molecule has 4 heteroatoms. The molecule has 0 aliphatic heterocycles. The van der Waals surface area contributed by atoms with Gasteiger partial charge in [0.15, 0.2) is 0 Å². The minimum absolute atomic E-state index is 0.0484. The van der Waals surface area contributed by atoms with E-state index < -0.39 is 21.5 Å². The number of benzene rings is 4. The summed E-state index contributed by atoms with van der Waals surface area (Å²) in [5.74, 6) is 0.00450. The van der Waals surface area contributed by atoms with Crippen molar-refractivity contribution in [3.63, 3.8) is 0 Å². The van der Waals surface area contributed by atoms with Crippen LogP contribution < -0.4 is 0 Å². The molecule has 0 bridgehead atoms. The van der Waals surface area contributed by atoms with E-state index in [0.717, 1.165) is 12.8 Å². The van der Waals surface area contributed by atoms with Gasteiger partial charge in [-0.15, -0.1) is 0 Å². The summed E-state index contributed by atoms with van der Waals surface area (Å²) < 4.78 is 0.112. The normalized spacial score (nSPS) is 17.8. The van der Waals surface area contributed by atoms with Crippen molar-refractivity contribution in [3.05, 3.63) is 127 Å². The monoisotopic (exact) mass is 937 g/mol. The summed E-state index contributed by atoms with van der Waals surface area (Å²) in [4.78, 5) is 0. The molecule has 4 aromatic carbocycles. The molecule has 0 N–H and O–H groups in total. The third-order valence-corrected chi connectivity index (χ3v) is 66.3. The van der Waals surface area contributed by atoms with E-state index >= 15 is 0 Å². The Balaban J connectivity index is 1.69. The average Bonchev–Trinajstić information content (AvgIpc) is 3.76. The van der Waals surface area contributed by atoms with Gasteiger partial charge in [-0.1, -0.05) is 0 Å². The standard InChI is InChI=1S/2C27H35.C2H7Si.2ClH.Zr/c2*1-9-19-12-20-10-11-25(27(6,7)8)26(24(20)13-19)23-15-21(17(2)3)14-22(16-23)18(4)5;1-3-2;;;/h2*10-18H,9H2,1-8H3;3H,1-2H3;2*1H;/q;;;;;+2/p-2. The molecule has 4 aromatic rings. The Kier molecular flexibility index (Phi) is 13.4. The molecule has 0 amide bonds. The van der Waals surface area contributed by atoms with Crippen LogP contribution >= 0.6 is 17.0 Å². The molecular formula is C56H77Cl2SiZr. The molecule has 0 aromatic heterocycles. The molecule has 2 atom stereocenters. The van der Waals surface area contributed by atoms with Gasteiger partial charge in [0.05, 0.1) is 0 Å². The SMILES string of the molecule is CCC1=Cc2c(ccc(C(C)(C)C)c2-c2cc(C(C)C)cc(C(C)C)c2)[CH]1[Zr]([Cl])([Cl])([CH]1C(CC)=Cc2c1ccc(C(C)(C)C)c2-c1cc(C(C)C)cc(C(C)C)c1)[SiH](C)C. The van der Waals surface area contributed by atoms with Crippen molar-refractivity contribution < 1.29 is 15.6 Å². The molecular weight excluding hydrogens is 863 g/mol. The molecule has 6 rings (SSSR count). The quantitative estimate of drug-likeness (QED) is 0.131. The van der Waals surface area contributed by atoms with Gasteiger partial charge in [-0.25, -0.2) is 0 Å². The molecule has 323 valence electrons. The zero-order valence-corrected chi connectivity index (χ0v) is 45.8. The molecule has 0 nitrogen and oxygen atoms in total. The van der Waals surface area contributed by atoms with Crippen LogP contribution in [0.4, 0.5) is 0 Å². The van der Waals surface area contributed by atoms with E-state index in [9.17, 15) is 0 Å². The summed E-state index contributed by atoms with van der Waals surface area (Å²) in [6, 6.07) is 24.7. The summed E-state index contributed by atoms with van der Waals surface area (Å²) in [5, 5.41) is 0. The van der Waals surface area contributed by atoms with Crippen LogP contribution in [-0.2, 0) is 26.4 Å². The number of hydrogen-bond acceptors (Lipinski definition) is 0. The molecule has 0 saturated carbocycles. The van der Waals surface area contributed by atoms with Crippen LogP contribution in [0.2, 0.25) is 13.1 Å². The molecule has 0 fully saturated rings. The number of fused-ring (bicyclic) bond motifs is 2. The number of halogens is 2. The van der Waals surface area contributed by atoms with Crippen LogP contribution in [0, 0.1) is 0 Å². The number of allylic oxidation sites excluding steroid dienone is 2. The Labute approximate surface area is 375 Å². The summed E-state index contributed by atoms with van der Waals surface area (Å²) in [5.41, 5.74) is 22.2. The minimum atomic E-state index is -5.04. The third kappa shape index (κ3) is 8.18. The predicted molar refractivity (Wildman–Crippen MR) is 270 cm³/mol. The molecule has 0 saturated heterocycles. The first-order chi connectivity index (χ1) is 27.7. The Hall–Kier alpha value is -1.96. The Morgan fingerprint density at radius 3 is 1.05 bits per heavy atom. The van der Waals surface area contributed by atoms with Crippen LogP contribution in [0.1, 0.15) is 210 Å². The first-order valence-electron chi connectivity index (χ1n) is 23.4. The van der Waals surface area contributed by atoms with Gasteiger partial charge in [0.25, 0.3) is 0 Å². The van der Waals surface area contributed by atoms with Gasteiger partial charge >= 0.3 is 379 Å². The second-order valence-electron chi connectivity index (χ2n) is 22.3. The van der Waals surface area contributed by atoms with Crippen LogP contribution in [0.15, 0.2) is 71.8 Å². The van der Waals surface area contributed by atoms with E-state index in [4.69, 9.17) is 17.0 Å². The third-order valence-electron chi connectivity index (χ3n) is 14.4. The summed E-state index contributed by atoms with van der Waals surface area (Å²) in [6.07, 6.45) is 7.02. The number of rotatable bonds is 11. The molecule has 60 heavy (non-hydrogen) atoms. The fourth-order valence-electron chi connectivity index (χ4n) is 10.6. The van der Waals surface area contributed by atoms with E-state index in [1.165, 1.54) is 89.0 Å². The zero-order valence-electron chi connectivity index (χ0n) is 40.6. The van der Waals surface area contributed by atoms with Gasteiger partial charge in [-0.2, -0.15) is 0 Å². The fourth-order valence-corrected chi connectivity index (χ4v) is 42.4. The summed E-state index contributed by atoms with van der Waals surface area (Å²) in [6.45, 7) is 42.5. The molecule has 2 aliphatic carbocycles. The van der Waals surface area contributed by atoms with Crippen LogP contribution in [-0.4, -0.2) is 5.92 Å². The van der Waals surface area contributed by atoms with Crippen molar-refractivity contribution in [1.29, 1.82) is 0 Å². The van der Waals surface area contributed by atoms with Crippen molar-refractivity contribution in [2.75, 3.05) is 0 Å². The first-order valence-corrected chi connectivity index (χ1v) is 39.7. The van der Waals surface area contributed by atoms with Crippen LogP contribution in [0.5, 0.6) is 0 Å². The van der Waals surface area contributed by atoms with Crippen molar-refractivity contribution in [2.24, 2.45) is 0 Å². The molecule has 2 aliphatic rings. The maximum atomic E-state index is 9.02. The van der Waals surface area contributed by atoms with E-state index in [1.807, 2.05) is 0 Å². The summed E-state index contributed by atoms with van der Waals surface area (Å²) in [7, 11) is 18.0. The number of hydrogen-bond donors (Lipinski definition) is 0. The zero-order chi connectivity index (χ0) is 44.6. The predicted octanol–water partition coefficient (Wildman–Crippen LogP) is 18.5. The van der Waals surface area contributed by atoms with Crippen LogP contribution in [0.25, 0.3) is 34.4 Å². The maximum absolute atomic E-state index is 9.02. The van der Waals surface area contributed by atoms with Gasteiger partial charge in [0, 0.05) is 0 Å². The molecule has 0 spiro atoms. The van der Waals surface area contributed by atoms with Crippen molar-refractivity contribution in [3.8, 4) is 22.3 Å². The molecule has 2 unspecified atom stereocenters. The van der Waals surface area contributed by atoms with Gasteiger partial charge in [0.2, 0.25) is 0 Å². The summed E-state index contributed by atoms with van der Waals surface area (Å²) >= 11 is -5.04. The van der Waals surface area contributed by atoms with Crippen molar-refractivity contribution in [2.45, 2.75) is 178 Å². The van der Waals surface area contributed by atoms with Gasteiger partial charge in [-0.3, -0.25) is 0 Å². The second kappa shape index (κ2) is 16.9. The van der Waals surface area contributed by atoms with Gasteiger partial charge < -0.3 is 0 Å². The molecule has 0 heterocycles. The average molecular weight is 940 g/mol. The van der Waals surface area contributed by atoms with E-state index in [1.54, 1.807) is 0 Å². The van der Waals surface area contributed by atoms with E-state index in [0.29, 0.717) is 23.7 Å². The van der Waals surface area contributed by atoms with E-state index in [2.05, 4.69) is 197 Å². The second-order valence-corrected chi connectivity index (χ2v) is 64.8. The van der Waals surface area contributed by atoms with E-state index in [-0.39, 0.29) is 18.1 Å². The topological polar surface area (TPSA) is 0 Å². The van der Waals surface area contributed by atoms with Crippen LogP contribution in [0.3, 0.4) is 0 Å². The van der Waals surface area contributed by atoms with Crippen molar-refractivity contribution >= 4 is 35.1 Å². The first kappa shape index (κ1) is 47.5. The molecule has 0 radical (unpaired) electrons. The van der Waals surface area contributed by atoms with Gasteiger partial charge in [-0.05, 0) is 0 Å². The Morgan fingerprint density at radius 2 is 0.817 bits per heavy atom. The Bertz CT molecular complexity index is 2140. The fraction of sp³-hybridized carbons (Fsp3) is 0.500. The van der Waals surface area contributed by atoms with Gasteiger partial charge in [0.1, 0.15) is 0 Å². The Morgan fingerprint density at radius 1 is 0.517 bits per heavy atom. The van der Waals surface area contributed by atoms with Crippen molar-refractivity contribution in [1.82, 2.24) is 0 Å².